The standard InChI is InChI=1S/C20H20N2O3/c1-12-7-17-15(11-25-18(17)8-13(12)2)10-19(23)22-16-6-4-5-14(9-16)20(24)21-3/h4-9,11H,10H2,1-3H3,(H,21,24)(H,22,23). The summed E-state index contributed by atoms with van der Waals surface area (Å²) in [5.41, 5.74) is 5.04. The molecule has 0 saturated carbocycles. The molecule has 0 aliphatic carbocycles. The Morgan fingerprint density at radius 3 is 2.60 bits per heavy atom. The number of rotatable bonds is 4. The monoisotopic (exact) mass is 336 g/mol. The van der Waals surface area contributed by atoms with E-state index in [4.69, 9.17) is 4.42 Å². The first-order valence-corrected chi connectivity index (χ1v) is 8.07. The topological polar surface area (TPSA) is 71.3 Å². The number of nitrogens with one attached hydrogen (secondary N) is 2. The molecule has 0 aliphatic rings. The van der Waals surface area contributed by atoms with Crippen LogP contribution < -0.4 is 10.6 Å². The molecule has 0 saturated heterocycles. The van der Waals surface area contributed by atoms with Crippen molar-refractivity contribution in [3.8, 4) is 0 Å². The molecule has 2 amide bonds. The second kappa shape index (κ2) is 6.81. The number of hydrogen-bond acceptors (Lipinski definition) is 3. The van der Waals surface area contributed by atoms with E-state index in [2.05, 4.69) is 10.6 Å². The summed E-state index contributed by atoms with van der Waals surface area (Å²) in [5, 5.41) is 6.35. The second-order valence-corrected chi connectivity index (χ2v) is 6.08. The average molecular weight is 336 g/mol. The van der Waals surface area contributed by atoms with Crippen molar-refractivity contribution in [2.75, 3.05) is 12.4 Å². The van der Waals surface area contributed by atoms with E-state index >= 15 is 0 Å². The summed E-state index contributed by atoms with van der Waals surface area (Å²) in [6.45, 7) is 4.07. The van der Waals surface area contributed by atoms with E-state index in [-0.39, 0.29) is 18.2 Å². The van der Waals surface area contributed by atoms with Gasteiger partial charge in [-0.05, 0) is 55.3 Å². The molecule has 0 aliphatic heterocycles. The van der Waals surface area contributed by atoms with Crippen molar-refractivity contribution in [1.29, 1.82) is 0 Å². The summed E-state index contributed by atoms with van der Waals surface area (Å²) in [7, 11) is 1.57. The third-order valence-electron chi connectivity index (χ3n) is 4.26. The van der Waals surface area contributed by atoms with E-state index in [1.54, 1.807) is 37.6 Å². The third-order valence-corrected chi connectivity index (χ3v) is 4.26. The van der Waals surface area contributed by atoms with E-state index in [0.717, 1.165) is 27.7 Å². The molecule has 0 unspecified atom stereocenters. The number of amides is 2. The van der Waals surface area contributed by atoms with Crippen molar-refractivity contribution in [3.05, 3.63) is 64.9 Å². The Kier molecular flexibility index (Phi) is 4.57. The maximum Gasteiger partial charge on any atom is 0.251 e. The van der Waals surface area contributed by atoms with Crippen LogP contribution in [-0.4, -0.2) is 18.9 Å². The lowest BCUT2D eigenvalue weighted by Crippen LogP contribution is -2.19. The quantitative estimate of drug-likeness (QED) is 0.765. The third kappa shape index (κ3) is 3.55. The fourth-order valence-corrected chi connectivity index (χ4v) is 2.73. The summed E-state index contributed by atoms with van der Waals surface area (Å²) in [6.07, 6.45) is 1.84. The van der Waals surface area contributed by atoms with Crippen LogP contribution in [0.25, 0.3) is 11.0 Å². The SMILES string of the molecule is CNC(=O)c1cccc(NC(=O)Cc2coc3cc(C)c(C)cc23)c1. The Morgan fingerprint density at radius 2 is 1.84 bits per heavy atom. The Bertz CT molecular complexity index is 957. The average Bonchev–Trinajstić information content (AvgIpc) is 2.96. The molecular formula is C20H20N2O3. The van der Waals surface area contributed by atoms with Crippen LogP contribution in [0.5, 0.6) is 0 Å². The minimum atomic E-state index is -0.192. The molecule has 5 heteroatoms. The smallest absolute Gasteiger partial charge is 0.251 e. The van der Waals surface area contributed by atoms with Gasteiger partial charge in [0.2, 0.25) is 5.91 Å². The predicted octanol–water partition coefficient (Wildman–Crippen LogP) is 3.59. The zero-order valence-electron chi connectivity index (χ0n) is 14.5. The molecule has 0 atom stereocenters. The molecule has 25 heavy (non-hydrogen) atoms. The van der Waals surface area contributed by atoms with Gasteiger partial charge in [0.15, 0.2) is 0 Å². The molecule has 0 radical (unpaired) electrons. The van der Waals surface area contributed by atoms with Crippen LogP contribution in [0, 0.1) is 13.8 Å². The van der Waals surface area contributed by atoms with Crippen LogP contribution in [0.3, 0.4) is 0 Å². The molecule has 5 nitrogen and oxygen atoms in total. The first-order chi connectivity index (χ1) is 12.0. The molecule has 2 N–H and O–H groups in total. The van der Waals surface area contributed by atoms with Gasteiger partial charge < -0.3 is 15.1 Å². The highest BCUT2D eigenvalue weighted by atomic mass is 16.3. The number of benzene rings is 2. The molecule has 0 fully saturated rings. The number of carbonyl (C=O) groups excluding carboxylic acids is 2. The molecule has 0 bridgehead atoms. The highest BCUT2D eigenvalue weighted by Crippen LogP contribution is 2.25. The zero-order valence-corrected chi connectivity index (χ0v) is 14.5. The van der Waals surface area contributed by atoms with Crippen molar-refractivity contribution < 1.29 is 14.0 Å². The van der Waals surface area contributed by atoms with Crippen LogP contribution in [-0.2, 0) is 11.2 Å². The van der Waals surface area contributed by atoms with Gasteiger partial charge in [0.25, 0.3) is 5.91 Å². The molecule has 0 spiro atoms. The summed E-state index contributed by atoms with van der Waals surface area (Å²) in [4.78, 5) is 24.1. The van der Waals surface area contributed by atoms with Crippen LogP contribution >= 0.6 is 0 Å². The van der Waals surface area contributed by atoms with Crippen LogP contribution in [0.2, 0.25) is 0 Å². The van der Waals surface area contributed by atoms with Crippen molar-refractivity contribution in [2.45, 2.75) is 20.3 Å². The number of anilines is 1. The van der Waals surface area contributed by atoms with Crippen molar-refractivity contribution in [3.63, 3.8) is 0 Å². The van der Waals surface area contributed by atoms with E-state index in [1.807, 2.05) is 26.0 Å². The second-order valence-electron chi connectivity index (χ2n) is 6.08. The number of hydrogen-bond donors (Lipinski definition) is 2. The fourth-order valence-electron chi connectivity index (χ4n) is 2.73. The van der Waals surface area contributed by atoms with Gasteiger partial charge in [-0.3, -0.25) is 9.59 Å². The maximum atomic E-state index is 12.4. The first kappa shape index (κ1) is 16.8. The van der Waals surface area contributed by atoms with Crippen LogP contribution in [0.1, 0.15) is 27.0 Å². The van der Waals surface area contributed by atoms with Gasteiger partial charge in [-0.15, -0.1) is 0 Å². The van der Waals surface area contributed by atoms with Crippen molar-refractivity contribution in [1.82, 2.24) is 5.32 Å². The Labute approximate surface area is 146 Å². The van der Waals surface area contributed by atoms with Gasteiger partial charge in [-0.2, -0.15) is 0 Å². The molecule has 2 aromatic carbocycles. The van der Waals surface area contributed by atoms with E-state index < -0.39 is 0 Å². The van der Waals surface area contributed by atoms with Crippen LogP contribution in [0.15, 0.2) is 47.1 Å². The lowest BCUT2D eigenvalue weighted by Gasteiger charge is -2.07. The minimum Gasteiger partial charge on any atom is -0.464 e. The minimum absolute atomic E-state index is 0.157. The molecule has 1 heterocycles. The van der Waals surface area contributed by atoms with E-state index in [1.165, 1.54) is 0 Å². The number of fused-ring (bicyclic) bond motifs is 1. The highest BCUT2D eigenvalue weighted by Gasteiger charge is 2.12. The normalized spacial score (nSPS) is 10.7. The summed E-state index contributed by atoms with van der Waals surface area (Å²) in [5.74, 6) is -0.349. The molecular weight excluding hydrogens is 316 g/mol. The Morgan fingerprint density at radius 1 is 1.08 bits per heavy atom. The first-order valence-electron chi connectivity index (χ1n) is 8.07. The largest absolute Gasteiger partial charge is 0.464 e. The number of aryl methyl sites for hydroxylation is 2. The Balaban J connectivity index is 1.77. The highest BCUT2D eigenvalue weighted by molar-refractivity contribution is 5.98. The van der Waals surface area contributed by atoms with Gasteiger partial charge in [0, 0.05) is 29.2 Å². The lowest BCUT2D eigenvalue weighted by atomic mass is 10.0. The van der Waals surface area contributed by atoms with Gasteiger partial charge in [-0.25, -0.2) is 0 Å². The van der Waals surface area contributed by atoms with Gasteiger partial charge in [0.1, 0.15) is 5.58 Å². The van der Waals surface area contributed by atoms with Gasteiger partial charge in [-0.1, -0.05) is 6.07 Å². The molecule has 1 aromatic heterocycles. The maximum absolute atomic E-state index is 12.4. The van der Waals surface area contributed by atoms with Gasteiger partial charge >= 0.3 is 0 Å². The number of carbonyl (C=O) groups is 2. The summed E-state index contributed by atoms with van der Waals surface area (Å²) < 4.78 is 5.57. The van der Waals surface area contributed by atoms with E-state index in [0.29, 0.717) is 11.3 Å². The summed E-state index contributed by atoms with van der Waals surface area (Å²) >= 11 is 0. The lowest BCUT2D eigenvalue weighted by molar-refractivity contribution is -0.115. The van der Waals surface area contributed by atoms with Crippen LogP contribution in [0.4, 0.5) is 5.69 Å². The van der Waals surface area contributed by atoms with Crippen molar-refractivity contribution >= 4 is 28.5 Å². The zero-order chi connectivity index (χ0) is 18.0. The molecule has 128 valence electrons. The summed E-state index contributed by atoms with van der Waals surface area (Å²) in [6, 6.07) is 10.9. The molecule has 3 aromatic rings. The predicted molar refractivity (Wildman–Crippen MR) is 97.9 cm³/mol. The van der Waals surface area contributed by atoms with Gasteiger partial charge in [0.05, 0.1) is 12.7 Å². The van der Waals surface area contributed by atoms with E-state index in [9.17, 15) is 9.59 Å². The van der Waals surface area contributed by atoms with Crippen molar-refractivity contribution in [2.24, 2.45) is 0 Å². The molecule has 3 rings (SSSR count). The Hall–Kier alpha value is -3.08. The fraction of sp³-hybridized carbons (Fsp3) is 0.200. The number of furan rings is 1.